The van der Waals surface area contributed by atoms with Gasteiger partial charge in [0, 0.05) is 24.2 Å². The molecule has 2 heterocycles. The molecule has 11 nitrogen and oxygen atoms in total. The second-order valence-corrected chi connectivity index (χ2v) is 13.0. The fraction of sp³-hybridized carbons (Fsp3) is 0.594. The summed E-state index contributed by atoms with van der Waals surface area (Å²) in [6.45, 7) is 11.7. The maximum atomic E-state index is 11.4. The summed E-state index contributed by atoms with van der Waals surface area (Å²) in [5.74, 6) is 2.16. The Kier molecular flexibility index (Phi) is 10.7. The summed E-state index contributed by atoms with van der Waals surface area (Å²) in [4.78, 5) is 29.8. The summed E-state index contributed by atoms with van der Waals surface area (Å²) in [5.41, 5.74) is 1.87. The fourth-order valence-electron chi connectivity index (χ4n) is 6.55. The Balaban J connectivity index is 1.55. The molecule has 238 valence electrons. The number of benzene rings is 1. The summed E-state index contributed by atoms with van der Waals surface area (Å²) in [5, 5.41) is 24.0. The van der Waals surface area contributed by atoms with E-state index in [2.05, 4.69) is 63.1 Å². The van der Waals surface area contributed by atoms with Crippen LogP contribution in [0.1, 0.15) is 76.2 Å². The molecule has 12 heteroatoms. The lowest BCUT2D eigenvalue weighted by atomic mass is 9.80. The van der Waals surface area contributed by atoms with Crippen molar-refractivity contribution in [2.45, 2.75) is 70.9 Å². The highest BCUT2D eigenvalue weighted by molar-refractivity contribution is 6.30. The molecule has 2 atom stereocenters. The van der Waals surface area contributed by atoms with E-state index in [4.69, 9.17) is 26.7 Å². The van der Waals surface area contributed by atoms with E-state index >= 15 is 0 Å². The molecule has 2 saturated carbocycles. The molecule has 1 aliphatic heterocycles. The number of aliphatic imine (C=N–C) groups is 1. The van der Waals surface area contributed by atoms with Crippen molar-refractivity contribution < 1.29 is 14.6 Å². The van der Waals surface area contributed by atoms with Gasteiger partial charge < -0.3 is 20.1 Å². The number of nitrogens with one attached hydrogen (secondary N) is 3. The Morgan fingerprint density at radius 1 is 1.23 bits per heavy atom. The maximum absolute atomic E-state index is 11.4. The largest absolute Gasteiger partial charge is 0.465 e. The third-order valence-electron chi connectivity index (χ3n) is 9.47. The van der Waals surface area contributed by atoms with Gasteiger partial charge in [0.05, 0.1) is 25.9 Å². The molecule has 1 unspecified atom stereocenters. The second kappa shape index (κ2) is 14.7. The zero-order valence-corrected chi connectivity index (χ0v) is 26.5. The standard InChI is InChI=1S/C32H45ClN8O3/c1-20-7-9-22(10-8-20)17-41(19-40-15-16-44-18-26(40)24-11-13-25(33)14-12-24)27-29(35-3)38-31(28(34)37-32(42)43)39-30(27)36-21(2)23-5-4-6-23/h11-14,20-23,26H,3-10,15-19H2,1-2H3,(H2,34,37)(H,42,43)(H,36,38,39)/t20-,21-,22-,26?/m1/s1. The minimum Gasteiger partial charge on any atom is -0.465 e. The Morgan fingerprint density at radius 2 is 1.95 bits per heavy atom. The van der Waals surface area contributed by atoms with Gasteiger partial charge in [0.2, 0.25) is 0 Å². The van der Waals surface area contributed by atoms with Gasteiger partial charge >= 0.3 is 6.09 Å². The average molecular weight is 625 g/mol. The molecular weight excluding hydrogens is 580 g/mol. The lowest BCUT2D eigenvalue weighted by molar-refractivity contribution is -0.00869. The first-order valence-corrected chi connectivity index (χ1v) is 16.2. The highest BCUT2D eigenvalue weighted by atomic mass is 35.5. The van der Waals surface area contributed by atoms with Crippen molar-refractivity contribution in [2.75, 3.05) is 43.2 Å². The van der Waals surface area contributed by atoms with Crippen LogP contribution in [0.2, 0.25) is 5.02 Å². The van der Waals surface area contributed by atoms with E-state index in [9.17, 15) is 9.90 Å². The molecule has 1 amide bonds. The van der Waals surface area contributed by atoms with E-state index in [0.717, 1.165) is 55.9 Å². The van der Waals surface area contributed by atoms with Crippen LogP contribution < -0.4 is 15.5 Å². The number of carboxylic acid groups (broad SMARTS) is 1. The number of nitrogens with zero attached hydrogens (tertiary/aromatic N) is 5. The minimum atomic E-state index is -1.35. The van der Waals surface area contributed by atoms with E-state index in [0.29, 0.717) is 48.4 Å². The third kappa shape index (κ3) is 7.86. The van der Waals surface area contributed by atoms with Crippen LogP contribution in [-0.4, -0.2) is 77.6 Å². The van der Waals surface area contributed by atoms with Crippen molar-refractivity contribution in [2.24, 2.45) is 22.7 Å². The number of morpholine rings is 1. The Labute approximate surface area is 265 Å². The summed E-state index contributed by atoms with van der Waals surface area (Å²) in [7, 11) is 0. The summed E-state index contributed by atoms with van der Waals surface area (Å²) >= 11 is 6.22. The number of hydrogen-bond acceptors (Lipinski definition) is 9. The number of rotatable bonds is 11. The highest BCUT2D eigenvalue weighted by Crippen LogP contribution is 2.40. The number of hydrogen-bond donors (Lipinski definition) is 4. The topological polar surface area (TPSA) is 139 Å². The zero-order valence-electron chi connectivity index (χ0n) is 25.8. The third-order valence-corrected chi connectivity index (χ3v) is 9.72. The number of amides is 1. The van der Waals surface area contributed by atoms with Gasteiger partial charge in [-0.1, -0.05) is 49.9 Å². The zero-order chi connectivity index (χ0) is 31.2. The average Bonchev–Trinajstić information content (AvgIpc) is 2.97. The van der Waals surface area contributed by atoms with Gasteiger partial charge in [-0.25, -0.2) is 19.8 Å². The number of halogens is 1. The van der Waals surface area contributed by atoms with E-state index in [1.54, 1.807) is 0 Å². The summed E-state index contributed by atoms with van der Waals surface area (Å²) in [6.07, 6.45) is 6.84. The number of amidine groups is 1. The molecule has 3 fully saturated rings. The molecule has 0 radical (unpaired) electrons. The van der Waals surface area contributed by atoms with Crippen LogP contribution in [0.4, 0.5) is 22.1 Å². The van der Waals surface area contributed by atoms with Crippen molar-refractivity contribution in [3.8, 4) is 0 Å². The number of anilines is 2. The Morgan fingerprint density at radius 3 is 2.59 bits per heavy atom. The highest BCUT2D eigenvalue weighted by Gasteiger charge is 2.33. The van der Waals surface area contributed by atoms with Gasteiger partial charge in [-0.15, -0.1) is 0 Å². The molecule has 2 aromatic rings. The number of aromatic nitrogens is 2. The predicted molar refractivity (Wildman–Crippen MR) is 175 cm³/mol. The van der Waals surface area contributed by atoms with Gasteiger partial charge in [0.15, 0.2) is 23.3 Å². The number of ether oxygens (including phenoxy) is 1. The second-order valence-electron chi connectivity index (χ2n) is 12.6. The molecule has 44 heavy (non-hydrogen) atoms. The number of carbonyl (C=O) groups is 1. The Bertz CT molecular complexity index is 1310. The van der Waals surface area contributed by atoms with Crippen molar-refractivity contribution >= 4 is 47.6 Å². The lowest BCUT2D eigenvalue weighted by Crippen LogP contribution is -2.48. The van der Waals surface area contributed by atoms with Crippen molar-refractivity contribution in [3.63, 3.8) is 0 Å². The van der Waals surface area contributed by atoms with E-state index in [-0.39, 0.29) is 17.9 Å². The molecule has 1 aromatic carbocycles. The van der Waals surface area contributed by atoms with Crippen LogP contribution in [0.5, 0.6) is 0 Å². The molecule has 1 aromatic heterocycles. The Hall–Kier alpha value is -3.28. The first-order chi connectivity index (χ1) is 21.2. The smallest absolute Gasteiger partial charge is 0.410 e. The first-order valence-electron chi connectivity index (χ1n) is 15.8. The minimum absolute atomic E-state index is 0.0356. The van der Waals surface area contributed by atoms with Gasteiger partial charge in [-0.05, 0) is 74.8 Å². The fourth-order valence-corrected chi connectivity index (χ4v) is 6.68. The van der Waals surface area contributed by atoms with Crippen LogP contribution in [0, 0.1) is 23.2 Å². The molecule has 1 saturated heterocycles. The monoisotopic (exact) mass is 624 g/mol. The van der Waals surface area contributed by atoms with Crippen LogP contribution in [0.25, 0.3) is 0 Å². The molecule has 3 aliphatic rings. The molecule has 2 aliphatic carbocycles. The van der Waals surface area contributed by atoms with Crippen LogP contribution in [-0.2, 0) is 4.74 Å². The molecule has 0 bridgehead atoms. The summed E-state index contributed by atoms with van der Waals surface area (Å²) < 4.78 is 5.95. The van der Waals surface area contributed by atoms with Crippen molar-refractivity contribution in [3.05, 3.63) is 40.7 Å². The maximum Gasteiger partial charge on any atom is 0.410 e. The van der Waals surface area contributed by atoms with Crippen LogP contribution in [0.3, 0.4) is 0 Å². The van der Waals surface area contributed by atoms with E-state index in [1.165, 1.54) is 19.3 Å². The van der Waals surface area contributed by atoms with Gasteiger partial charge in [-0.2, -0.15) is 0 Å². The van der Waals surface area contributed by atoms with Crippen LogP contribution in [0.15, 0.2) is 29.3 Å². The summed E-state index contributed by atoms with van der Waals surface area (Å²) in [6, 6.07) is 8.12. The van der Waals surface area contributed by atoms with Crippen molar-refractivity contribution in [1.82, 2.24) is 20.2 Å². The van der Waals surface area contributed by atoms with E-state index in [1.807, 2.05) is 12.1 Å². The van der Waals surface area contributed by atoms with Gasteiger partial charge in [0.25, 0.3) is 0 Å². The van der Waals surface area contributed by atoms with Gasteiger partial charge in [0.1, 0.15) is 5.69 Å². The molecular formula is C32H45ClN8O3. The SMILES string of the molecule is C=Nc1nc(C(=N)NC(=O)O)nc(N[C@H](C)C2CCC2)c1N(CN1CCOCC1c1ccc(Cl)cc1)C[C@H]1CC[C@H](C)CC1. The molecule has 5 rings (SSSR count). The van der Waals surface area contributed by atoms with Gasteiger partial charge in [-0.3, -0.25) is 15.6 Å². The lowest BCUT2D eigenvalue weighted by Gasteiger charge is -2.42. The molecule has 0 spiro atoms. The first kappa shape index (κ1) is 32.1. The quantitative estimate of drug-likeness (QED) is 0.168. The predicted octanol–water partition coefficient (Wildman–Crippen LogP) is 6.32. The van der Waals surface area contributed by atoms with Crippen LogP contribution >= 0.6 is 11.6 Å². The van der Waals surface area contributed by atoms with Crippen molar-refractivity contribution in [1.29, 1.82) is 5.41 Å². The normalized spacial score (nSPS) is 23.3. The molecule has 4 N–H and O–H groups in total. The van der Waals surface area contributed by atoms with E-state index < -0.39 is 11.9 Å².